The molecule has 0 spiro atoms. The van der Waals surface area contributed by atoms with Crippen LogP contribution in [-0.2, 0) is 44.9 Å². The highest BCUT2D eigenvalue weighted by molar-refractivity contribution is 5.47. The lowest BCUT2D eigenvalue weighted by atomic mass is 9.93. The van der Waals surface area contributed by atoms with Gasteiger partial charge in [0.15, 0.2) is 12.0 Å². The first-order chi connectivity index (χ1) is 17.4. The molecule has 1 saturated carbocycles. The Morgan fingerprint density at radius 3 is 2.03 bits per heavy atom. The van der Waals surface area contributed by atoms with Gasteiger partial charge in [0.2, 0.25) is 5.75 Å². The van der Waals surface area contributed by atoms with Crippen molar-refractivity contribution in [2.24, 2.45) is 7.05 Å². The summed E-state index contributed by atoms with van der Waals surface area (Å²) in [5.41, 5.74) is -0.0923. The Balaban J connectivity index is 2.37. The predicted octanol–water partition coefficient (Wildman–Crippen LogP) is 1.36. The van der Waals surface area contributed by atoms with Crippen molar-refractivity contribution >= 4 is 0 Å². The summed E-state index contributed by atoms with van der Waals surface area (Å²) in [4.78, 5) is 12.8. The second kappa shape index (κ2) is 15.5. The van der Waals surface area contributed by atoms with Crippen LogP contribution in [0.5, 0.6) is 11.5 Å². The molecule has 1 aliphatic carbocycles. The van der Waals surface area contributed by atoms with Crippen LogP contribution in [0, 0.1) is 0 Å². The fourth-order valence-corrected chi connectivity index (χ4v) is 4.41. The van der Waals surface area contributed by atoms with Gasteiger partial charge >= 0.3 is 0 Å². The summed E-state index contributed by atoms with van der Waals surface area (Å²) in [6.07, 6.45) is -0.677. The van der Waals surface area contributed by atoms with Crippen molar-refractivity contribution in [2.75, 3.05) is 61.8 Å². The molecule has 0 radical (unpaired) electrons. The summed E-state index contributed by atoms with van der Waals surface area (Å²) in [6.45, 7) is 4.72. The molecule has 1 aromatic rings. The Morgan fingerprint density at radius 2 is 1.53 bits per heavy atom. The standard InChI is InChI=1S/C24H41NO11/c1-8-32-15(2)33-10-9-11-34-21-18(26)16(12-25(3)24(21)27)17-19(35-13-28-4)22(30-6)23(31-7)20(17)36-14-29-5/h12,15,17,19-20,22-23,26H,8-11,13-14H2,1-7H3/t15?,17?,19-,20+,22-,23+. The number of rotatable bonds is 17. The van der Waals surface area contributed by atoms with E-state index in [0.717, 1.165) is 0 Å². The van der Waals surface area contributed by atoms with E-state index >= 15 is 0 Å². The number of pyridine rings is 1. The van der Waals surface area contributed by atoms with Crippen LogP contribution in [0.4, 0.5) is 0 Å². The average Bonchev–Trinajstić information content (AvgIpc) is 3.17. The maximum absolute atomic E-state index is 12.8. The Morgan fingerprint density at radius 1 is 0.944 bits per heavy atom. The van der Waals surface area contributed by atoms with Crippen LogP contribution in [0.15, 0.2) is 11.0 Å². The second-order valence-corrected chi connectivity index (χ2v) is 8.28. The van der Waals surface area contributed by atoms with E-state index in [1.165, 1.54) is 18.8 Å². The predicted molar refractivity (Wildman–Crippen MR) is 128 cm³/mol. The Bertz CT molecular complexity index is 811. The molecule has 1 aromatic heterocycles. The van der Waals surface area contributed by atoms with E-state index in [9.17, 15) is 9.90 Å². The fourth-order valence-electron chi connectivity index (χ4n) is 4.41. The monoisotopic (exact) mass is 519 g/mol. The number of aromatic hydroxyl groups is 1. The van der Waals surface area contributed by atoms with Gasteiger partial charge in [0.05, 0.1) is 25.4 Å². The van der Waals surface area contributed by atoms with Crippen molar-refractivity contribution in [1.82, 2.24) is 4.57 Å². The molecule has 0 aromatic carbocycles. The van der Waals surface area contributed by atoms with E-state index in [0.29, 0.717) is 25.2 Å². The first-order valence-electron chi connectivity index (χ1n) is 11.9. The molecular formula is C24H41NO11. The van der Waals surface area contributed by atoms with Crippen molar-refractivity contribution in [1.29, 1.82) is 0 Å². The number of methoxy groups -OCH3 is 4. The van der Waals surface area contributed by atoms with Gasteiger partial charge in [-0.2, -0.15) is 0 Å². The summed E-state index contributed by atoms with van der Waals surface area (Å²) < 4.78 is 51.5. The van der Waals surface area contributed by atoms with Crippen LogP contribution in [0.3, 0.4) is 0 Å². The van der Waals surface area contributed by atoms with E-state index < -0.39 is 35.9 Å². The SMILES string of the molecule is CCOC(C)OCCCOc1c(O)c(C2[C@@H](OCOC)[C@@H](OC)[C@@H](OC)[C@H]2OCOC)cn(C)c1=O. The zero-order chi connectivity index (χ0) is 26.7. The van der Waals surface area contributed by atoms with Gasteiger partial charge in [0.25, 0.3) is 5.56 Å². The van der Waals surface area contributed by atoms with Gasteiger partial charge in [-0.1, -0.05) is 0 Å². The van der Waals surface area contributed by atoms with E-state index in [2.05, 4.69) is 0 Å². The van der Waals surface area contributed by atoms with Crippen molar-refractivity contribution in [2.45, 2.75) is 56.9 Å². The van der Waals surface area contributed by atoms with Gasteiger partial charge in [0.1, 0.15) is 25.8 Å². The average molecular weight is 520 g/mol. The van der Waals surface area contributed by atoms with Gasteiger partial charge in [-0.15, -0.1) is 0 Å². The van der Waals surface area contributed by atoms with E-state index in [-0.39, 0.29) is 38.0 Å². The molecule has 1 fully saturated rings. The minimum atomic E-state index is -0.633. The van der Waals surface area contributed by atoms with Gasteiger partial charge in [0, 0.05) is 66.2 Å². The van der Waals surface area contributed by atoms with Crippen molar-refractivity contribution in [3.05, 3.63) is 22.1 Å². The van der Waals surface area contributed by atoms with Gasteiger partial charge in [-0.05, 0) is 13.8 Å². The molecule has 1 aliphatic rings. The van der Waals surface area contributed by atoms with Crippen LogP contribution in [0.1, 0.15) is 31.7 Å². The van der Waals surface area contributed by atoms with Crippen LogP contribution in [0.25, 0.3) is 0 Å². The lowest BCUT2D eigenvalue weighted by molar-refractivity contribution is -0.141. The number of aryl methyl sites for hydroxylation is 1. The summed E-state index contributed by atoms with van der Waals surface area (Å²) in [7, 11) is 7.68. The van der Waals surface area contributed by atoms with Crippen molar-refractivity contribution in [3.8, 4) is 11.5 Å². The third-order valence-corrected chi connectivity index (χ3v) is 5.96. The van der Waals surface area contributed by atoms with Crippen LogP contribution in [-0.4, -0.2) is 102 Å². The highest BCUT2D eigenvalue weighted by Crippen LogP contribution is 2.46. The van der Waals surface area contributed by atoms with Gasteiger partial charge in [-0.3, -0.25) is 4.79 Å². The smallest absolute Gasteiger partial charge is 0.296 e. The van der Waals surface area contributed by atoms with Crippen molar-refractivity contribution < 1.29 is 47.7 Å². The van der Waals surface area contributed by atoms with Gasteiger partial charge in [-0.25, -0.2) is 0 Å². The molecule has 6 atom stereocenters. The number of aromatic nitrogens is 1. The molecule has 1 N–H and O–H groups in total. The Kier molecular flexibility index (Phi) is 13.1. The number of hydrogen-bond acceptors (Lipinski definition) is 11. The first kappa shape index (κ1) is 30.5. The van der Waals surface area contributed by atoms with E-state index in [1.807, 2.05) is 13.8 Å². The number of hydrogen-bond donors (Lipinski definition) is 1. The van der Waals surface area contributed by atoms with E-state index in [1.54, 1.807) is 27.5 Å². The summed E-state index contributed by atoms with van der Waals surface area (Å²) >= 11 is 0. The highest BCUT2D eigenvalue weighted by Gasteiger charge is 2.55. The Hall–Kier alpha value is -1.77. The maximum Gasteiger partial charge on any atom is 0.296 e. The lowest BCUT2D eigenvalue weighted by Crippen LogP contribution is -2.38. The Labute approximate surface area is 212 Å². The molecular weight excluding hydrogens is 478 g/mol. The molecule has 0 amide bonds. The third kappa shape index (κ3) is 7.39. The van der Waals surface area contributed by atoms with Crippen molar-refractivity contribution in [3.63, 3.8) is 0 Å². The molecule has 208 valence electrons. The topological polar surface area (TPSA) is 125 Å². The highest BCUT2D eigenvalue weighted by atomic mass is 16.7. The largest absolute Gasteiger partial charge is 0.504 e. The fraction of sp³-hybridized carbons (Fsp3) is 0.792. The molecule has 2 rings (SSSR count). The summed E-state index contributed by atoms with van der Waals surface area (Å²) in [5.74, 6) is -1.07. The molecule has 2 unspecified atom stereocenters. The quantitative estimate of drug-likeness (QED) is 0.237. The molecule has 0 saturated heterocycles. The number of nitrogens with zero attached hydrogens (tertiary/aromatic N) is 1. The normalized spacial score (nSPS) is 24.8. The summed E-state index contributed by atoms with van der Waals surface area (Å²) in [5, 5.41) is 11.2. The van der Waals surface area contributed by atoms with E-state index in [4.69, 9.17) is 42.6 Å². The molecule has 0 bridgehead atoms. The van der Waals surface area contributed by atoms with Gasteiger partial charge < -0.3 is 52.3 Å². The first-order valence-corrected chi connectivity index (χ1v) is 11.9. The number of ether oxygens (including phenoxy) is 9. The minimum absolute atomic E-state index is 0.0233. The molecule has 12 heteroatoms. The van der Waals surface area contributed by atoms with Crippen LogP contribution < -0.4 is 10.3 Å². The minimum Gasteiger partial charge on any atom is -0.504 e. The zero-order valence-electron chi connectivity index (χ0n) is 22.3. The second-order valence-electron chi connectivity index (χ2n) is 8.28. The molecule has 12 nitrogen and oxygen atoms in total. The molecule has 0 aliphatic heterocycles. The summed E-state index contributed by atoms with van der Waals surface area (Å²) in [6, 6.07) is 0. The lowest BCUT2D eigenvalue weighted by Gasteiger charge is -2.27. The van der Waals surface area contributed by atoms with Crippen LogP contribution >= 0.6 is 0 Å². The van der Waals surface area contributed by atoms with Crippen LogP contribution in [0.2, 0.25) is 0 Å². The molecule has 36 heavy (non-hydrogen) atoms. The third-order valence-electron chi connectivity index (χ3n) is 5.96. The maximum atomic E-state index is 12.8. The molecule has 1 heterocycles. The zero-order valence-corrected chi connectivity index (χ0v) is 22.3.